The van der Waals surface area contributed by atoms with E-state index < -0.39 is 17.5 Å². The van der Waals surface area contributed by atoms with Crippen LogP contribution in [0, 0.1) is 0 Å². The Morgan fingerprint density at radius 1 is 1.30 bits per heavy atom. The van der Waals surface area contributed by atoms with Crippen LogP contribution >= 0.6 is 11.8 Å². The first-order valence-corrected chi connectivity index (χ1v) is 7.32. The second kappa shape index (κ2) is 6.76. The highest BCUT2D eigenvalue weighted by molar-refractivity contribution is 7.98. The van der Waals surface area contributed by atoms with E-state index in [1.807, 2.05) is 0 Å². The quantitative estimate of drug-likeness (QED) is 0.521. The summed E-state index contributed by atoms with van der Waals surface area (Å²) in [5.74, 6) is -0.689. The van der Waals surface area contributed by atoms with Gasteiger partial charge < -0.3 is 15.2 Å². The Kier molecular flexibility index (Phi) is 5.59. The summed E-state index contributed by atoms with van der Waals surface area (Å²) >= 11 is 1.31. The molecule has 0 aliphatic carbocycles. The minimum atomic E-state index is -0.587. The van der Waals surface area contributed by atoms with Gasteiger partial charge in [-0.05, 0) is 39.2 Å². The van der Waals surface area contributed by atoms with Crippen LogP contribution in [0.1, 0.15) is 31.1 Å². The van der Waals surface area contributed by atoms with Crippen LogP contribution in [-0.4, -0.2) is 30.3 Å². The van der Waals surface area contributed by atoms with Gasteiger partial charge in [0.05, 0.1) is 17.0 Å². The van der Waals surface area contributed by atoms with Crippen LogP contribution < -0.4 is 10.5 Å². The number of hydrogen-bond acceptors (Lipinski definition) is 6. The van der Waals surface area contributed by atoms with Crippen molar-refractivity contribution in [2.45, 2.75) is 31.3 Å². The molecule has 0 spiro atoms. The normalized spacial score (nSPS) is 11.1. The van der Waals surface area contributed by atoms with Gasteiger partial charge in [-0.15, -0.1) is 11.8 Å². The first-order valence-electron chi connectivity index (χ1n) is 6.09. The van der Waals surface area contributed by atoms with Gasteiger partial charge in [0.1, 0.15) is 11.4 Å². The molecule has 0 unspecified atom stereocenters. The number of ether oxygens (including phenoxy) is 2. The number of rotatable bonds is 4. The third-order valence-electron chi connectivity index (χ3n) is 2.19. The molecule has 0 atom stereocenters. The summed E-state index contributed by atoms with van der Waals surface area (Å²) < 4.78 is 10.4. The van der Waals surface area contributed by atoms with Gasteiger partial charge in [0, 0.05) is 0 Å². The molecule has 0 heterocycles. The molecule has 1 aromatic rings. The number of carbonyl (C=O) groups excluding carboxylic acids is 2. The van der Waals surface area contributed by atoms with Crippen molar-refractivity contribution in [2.75, 3.05) is 12.8 Å². The largest absolute Gasteiger partial charge is 0.456 e. The molecule has 0 aromatic heterocycles. The van der Waals surface area contributed by atoms with E-state index in [9.17, 15) is 9.59 Å². The number of benzene rings is 1. The van der Waals surface area contributed by atoms with Gasteiger partial charge in [-0.1, -0.05) is 6.07 Å². The number of nitrogens with two attached hydrogens (primary N) is 1. The number of thioether (sulfide) groups is 1. The molecule has 0 bridgehead atoms. The van der Waals surface area contributed by atoms with Gasteiger partial charge >= 0.3 is 11.9 Å². The Labute approximate surface area is 122 Å². The zero-order valence-electron chi connectivity index (χ0n) is 12.1. The highest BCUT2D eigenvalue weighted by Crippen LogP contribution is 2.32. The van der Waals surface area contributed by atoms with Crippen molar-refractivity contribution in [3.8, 4) is 5.75 Å². The molecule has 2 N–H and O–H groups in total. The van der Waals surface area contributed by atoms with Crippen molar-refractivity contribution in [1.29, 1.82) is 0 Å². The molecular weight excluding hydrogens is 278 g/mol. The topological polar surface area (TPSA) is 78.6 Å². The van der Waals surface area contributed by atoms with Gasteiger partial charge in [-0.25, -0.2) is 4.79 Å². The average molecular weight is 297 g/mol. The summed E-state index contributed by atoms with van der Waals surface area (Å²) in [5, 5.41) is 0. The molecule has 6 heteroatoms. The highest BCUT2D eigenvalue weighted by atomic mass is 32.2. The second-order valence-electron chi connectivity index (χ2n) is 5.02. The van der Waals surface area contributed by atoms with E-state index in [1.54, 1.807) is 45.2 Å². The summed E-state index contributed by atoms with van der Waals surface area (Å²) in [4.78, 5) is 24.0. The van der Waals surface area contributed by atoms with Crippen molar-refractivity contribution in [1.82, 2.24) is 0 Å². The van der Waals surface area contributed by atoms with Crippen LogP contribution in [-0.2, 0) is 9.53 Å². The molecular formula is C14H19NO4S. The maximum absolute atomic E-state index is 12.1. The minimum absolute atomic E-state index is 0.218. The SMILES string of the molecule is CSc1c(OC(=O)CN)cccc1C(=O)OC(C)(C)C. The van der Waals surface area contributed by atoms with E-state index in [4.69, 9.17) is 15.2 Å². The zero-order valence-corrected chi connectivity index (χ0v) is 12.9. The molecule has 110 valence electrons. The maximum atomic E-state index is 12.1. The van der Waals surface area contributed by atoms with E-state index in [0.29, 0.717) is 16.2 Å². The molecule has 5 nitrogen and oxygen atoms in total. The first-order chi connectivity index (χ1) is 9.28. The summed E-state index contributed by atoms with van der Waals surface area (Å²) in [6, 6.07) is 4.89. The fourth-order valence-electron chi connectivity index (χ4n) is 1.46. The fourth-order valence-corrected chi connectivity index (χ4v) is 2.15. The van der Waals surface area contributed by atoms with Gasteiger partial charge in [0.2, 0.25) is 0 Å². The Morgan fingerprint density at radius 2 is 1.95 bits per heavy atom. The van der Waals surface area contributed by atoms with Crippen LogP contribution in [0.3, 0.4) is 0 Å². The Bertz CT molecular complexity index is 508. The fraction of sp³-hybridized carbons (Fsp3) is 0.429. The standard InChI is InChI=1S/C14H19NO4S/c1-14(2,3)19-13(17)9-6-5-7-10(12(9)20-4)18-11(16)8-15/h5-7H,8,15H2,1-4H3. The number of hydrogen-bond donors (Lipinski definition) is 1. The van der Waals surface area contributed by atoms with Crippen LogP contribution in [0.15, 0.2) is 23.1 Å². The van der Waals surface area contributed by atoms with Crippen molar-refractivity contribution in [2.24, 2.45) is 5.73 Å². The van der Waals surface area contributed by atoms with Crippen LogP contribution in [0.2, 0.25) is 0 Å². The average Bonchev–Trinajstić information content (AvgIpc) is 2.36. The molecule has 0 saturated carbocycles. The third kappa shape index (κ3) is 4.54. The maximum Gasteiger partial charge on any atom is 0.339 e. The van der Waals surface area contributed by atoms with Crippen LogP contribution in [0.4, 0.5) is 0 Å². The predicted octanol–water partition coefficient (Wildman–Crippen LogP) is 2.23. The number of carbonyl (C=O) groups is 2. The summed E-state index contributed by atoms with van der Waals surface area (Å²) in [7, 11) is 0. The van der Waals surface area contributed by atoms with Crippen molar-refractivity contribution >= 4 is 23.7 Å². The number of esters is 2. The molecule has 0 amide bonds. The van der Waals surface area contributed by atoms with Gasteiger partial charge in [-0.2, -0.15) is 0 Å². The molecule has 1 rings (SSSR count). The van der Waals surface area contributed by atoms with E-state index in [2.05, 4.69) is 0 Å². The third-order valence-corrected chi connectivity index (χ3v) is 3.02. The summed E-state index contributed by atoms with van der Waals surface area (Å²) in [6.45, 7) is 5.16. The van der Waals surface area contributed by atoms with Gasteiger partial charge in [0.25, 0.3) is 0 Å². The van der Waals surface area contributed by atoms with Crippen LogP contribution in [0.5, 0.6) is 5.75 Å². The van der Waals surface area contributed by atoms with Gasteiger partial charge in [-0.3, -0.25) is 4.79 Å². The van der Waals surface area contributed by atoms with Gasteiger partial charge in [0.15, 0.2) is 0 Å². The van der Waals surface area contributed by atoms with E-state index in [0.717, 1.165) is 0 Å². The van der Waals surface area contributed by atoms with E-state index >= 15 is 0 Å². The molecule has 1 aromatic carbocycles. The van der Waals surface area contributed by atoms with E-state index in [-0.39, 0.29) is 6.54 Å². The van der Waals surface area contributed by atoms with Crippen molar-refractivity contribution < 1.29 is 19.1 Å². The zero-order chi connectivity index (χ0) is 15.3. The smallest absolute Gasteiger partial charge is 0.339 e. The Balaban J connectivity index is 3.11. The predicted molar refractivity (Wildman–Crippen MR) is 78.1 cm³/mol. The Hall–Kier alpha value is -1.53. The van der Waals surface area contributed by atoms with Crippen molar-refractivity contribution in [3.63, 3.8) is 0 Å². The monoisotopic (exact) mass is 297 g/mol. The molecule has 0 saturated heterocycles. The lowest BCUT2D eigenvalue weighted by Crippen LogP contribution is -2.24. The van der Waals surface area contributed by atoms with Crippen LogP contribution in [0.25, 0.3) is 0 Å². The summed E-state index contributed by atoms with van der Waals surface area (Å²) in [5.41, 5.74) is 5.00. The lowest BCUT2D eigenvalue weighted by molar-refractivity contribution is -0.132. The highest BCUT2D eigenvalue weighted by Gasteiger charge is 2.22. The molecule has 0 aliphatic heterocycles. The first kappa shape index (κ1) is 16.5. The second-order valence-corrected chi connectivity index (χ2v) is 5.83. The minimum Gasteiger partial charge on any atom is -0.456 e. The lowest BCUT2D eigenvalue weighted by Gasteiger charge is -2.20. The molecule has 0 fully saturated rings. The van der Waals surface area contributed by atoms with E-state index in [1.165, 1.54) is 11.8 Å². The molecule has 0 radical (unpaired) electrons. The summed E-state index contributed by atoms with van der Waals surface area (Å²) in [6.07, 6.45) is 1.79. The molecule has 20 heavy (non-hydrogen) atoms. The Morgan fingerprint density at radius 3 is 2.45 bits per heavy atom. The molecule has 0 aliphatic rings. The lowest BCUT2D eigenvalue weighted by atomic mass is 10.1. The van der Waals surface area contributed by atoms with Crippen molar-refractivity contribution in [3.05, 3.63) is 23.8 Å².